The minimum Gasteiger partial charge on any atom is -0.439 e. The minimum atomic E-state index is 0.342. The maximum atomic E-state index is 10.5. The van der Waals surface area contributed by atoms with E-state index in [1.807, 2.05) is 43.3 Å². The number of rotatable bonds is 6. The van der Waals surface area contributed by atoms with Crippen molar-refractivity contribution in [2.75, 3.05) is 5.43 Å². The van der Waals surface area contributed by atoms with Crippen molar-refractivity contribution >= 4 is 23.8 Å². The number of aryl methyl sites for hydroxylation is 1. The number of carbonyl (C=O) groups excluding carboxylic acids is 1. The Bertz CT molecular complexity index is 887. The molecule has 0 aliphatic rings. The summed E-state index contributed by atoms with van der Waals surface area (Å²) >= 11 is 5.98. The molecule has 0 aliphatic carbocycles. The Kier molecular flexibility index (Phi) is 5.11. The van der Waals surface area contributed by atoms with Crippen LogP contribution in [-0.4, -0.2) is 16.4 Å². The van der Waals surface area contributed by atoms with Gasteiger partial charge < -0.3 is 4.74 Å². The zero-order chi connectivity index (χ0) is 17.6. The van der Waals surface area contributed by atoms with Crippen LogP contribution < -0.4 is 15.6 Å². The highest BCUT2D eigenvalue weighted by atomic mass is 35.5. The topological polar surface area (TPSA) is 76.1 Å². The van der Waals surface area contributed by atoms with E-state index in [0.29, 0.717) is 34.7 Å². The summed E-state index contributed by atoms with van der Waals surface area (Å²) < 4.78 is 5.88. The molecule has 0 saturated carbocycles. The van der Waals surface area contributed by atoms with Gasteiger partial charge in [0.25, 0.3) is 0 Å². The maximum Gasteiger partial charge on any atom is 0.225 e. The van der Waals surface area contributed by atoms with Crippen molar-refractivity contribution in [3.05, 3.63) is 65.2 Å². The van der Waals surface area contributed by atoms with Crippen molar-refractivity contribution in [3.63, 3.8) is 0 Å². The highest BCUT2D eigenvalue weighted by Gasteiger charge is 2.10. The summed E-state index contributed by atoms with van der Waals surface area (Å²) in [5, 5.41) is 0.634. The molecule has 126 valence electrons. The van der Waals surface area contributed by atoms with Crippen molar-refractivity contribution < 1.29 is 9.53 Å². The third-order valence-corrected chi connectivity index (χ3v) is 3.58. The minimum absolute atomic E-state index is 0.342. The van der Waals surface area contributed by atoms with Gasteiger partial charge in [0.1, 0.15) is 5.75 Å². The summed E-state index contributed by atoms with van der Waals surface area (Å²) in [5.41, 5.74) is 6.75. The fourth-order valence-corrected chi connectivity index (χ4v) is 2.43. The molecule has 2 N–H and O–H groups in total. The third kappa shape index (κ3) is 4.24. The van der Waals surface area contributed by atoms with Crippen LogP contribution in [0.4, 0.5) is 5.82 Å². The number of hydrogen-bond acceptors (Lipinski definition) is 5. The summed E-state index contributed by atoms with van der Waals surface area (Å²) in [6, 6.07) is 16.4. The molecule has 0 spiro atoms. The first-order valence-corrected chi connectivity index (χ1v) is 7.87. The maximum absolute atomic E-state index is 10.5. The van der Waals surface area contributed by atoms with Crippen LogP contribution in [0.5, 0.6) is 11.6 Å². The van der Waals surface area contributed by atoms with Crippen molar-refractivity contribution in [1.29, 1.82) is 0 Å². The van der Waals surface area contributed by atoms with Crippen LogP contribution in [0.1, 0.15) is 5.56 Å². The van der Waals surface area contributed by atoms with Crippen LogP contribution in [0.25, 0.3) is 11.4 Å². The van der Waals surface area contributed by atoms with Crippen LogP contribution in [-0.2, 0) is 4.79 Å². The van der Waals surface area contributed by atoms with Crippen LogP contribution in [0.15, 0.2) is 54.6 Å². The fraction of sp³-hybridized carbons (Fsp3) is 0.0556. The molecule has 0 atom stereocenters. The van der Waals surface area contributed by atoms with E-state index >= 15 is 0 Å². The molecule has 1 amide bonds. The van der Waals surface area contributed by atoms with Gasteiger partial charge in [-0.1, -0.05) is 41.9 Å². The summed E-state index contributed by atoms with van der Waals surface area (Å²) in [6.07, 6.45) is 0.522. The van der Waals surface area contributed by atoms with Gasteiger partial charge in [0.15, 0.2) is 11.6 Å². The Morgan fingerprint density at radius 1 is 1.08 bits per heavy atom. The Hall–Kier alpha value is -3.12. The molecule has 6 nitrogen and oxygen atoms in total. The highest BCUT2D eigenvalue weighted by molar-refractivity contribution is 6.30. The first-order chi connectivity index (χ1) is 12.2. The van der Waals surface area contributed by atoms with Crippen molar-refractivity contribution in [3.8, 4) is 23.0 Å². The fourth-order valence-electron chi connectivity index (χ4n) is 2.20. The summed E-state index contributed by atoms with van der Waals surface area (Å²) in [6.45, 7) is 1.90. The lowest BCUT2D eigenvalue weighted by Gasteiger charge is -2.11. The number of benzene rings is 2. The number of ether oxygens (including phenoxy) is 1. The Balaban J connectivity index is 1.98. The molecule has 3 aromatic rings. The molecule has 3 rings (SSSR count). The molecule has 7 heteroatoms. The van der Waals surface area contributed by atoms with Gasteiger partial charge in [0.2, 0.25) is 12.3 Å². The molecule has 1 heterocycles. The number of nitrogens with one attached hydrogen (secondary N) is 2. The predicted octanol–water partition coefficient (Wildman–Crippen LogP) is 3.97. The summed E-state index contributed by atoms with van der Waals surface area (Å²) in [7, 11) is 0. The zero-order valence-corrected chi connectivity index (χ0v) is 14.1. The van der Waals surface area contributed by atoms with E-state index in [4.69, 9.17) is 16.3 Å². The van der Waals surface area contributed by atoms with Gasteiger partial charge in [0.05, 0.1) is 0 Å². The van der Waals surface area contributed by atoms with Crippen LogP contribution in [0.2, 0.25) is 5.02 Å². The third-order valence-electron chi connectivity index (χ3n) is 3.35. The number of carbonyl (C=O) groups is 1. The molecule has 0 radical (unpaired) electrons. The number of aromatic nitrogens is 2. The van der Waals surface area contributed by atoms with Gasteiger partial charge in [0, 0.05) is 16.7 Å². The molecule has 25 heavy (non-hydrogen) atoms. The molecule has 1 aromatic heterocycles. The lowest BCUT2D eigenvalue weighted by Crippen LogP contribution is -2.20. The van der Waals surface area contributed by atoms with Gasteiger partial charge >= 0.3 is 0 Å². The predicted molar refractivity (Wildman–Crippen MR) is 96.6 cm³/mol. The smallest absolute Gasteiger partial charge is 0.225 e. The number of halogens is 1. The molecule has 2 aromatic carbocycles. The molecule has 0 unspecified atom stereocenters. The second-order valence-electron chi connectivity index (χ2n) is 5.18. The normalized spacial score (nSPS) is 10.2. The Labute approximate surface area is 149 Å². The van der Waals surface area contributed by atoms with Crippen LogP contribution in [0.3, 0.4) is 0 Å². The van der Waals surface area contributed by atoms with Crippen LogP contribution in [0, 0.1) is 6.92 Å². The Morgan fingerprint density at radius 2 is 1.88 bits per heavy atom. The average molecular weight is 355 g/mol. The van der Waals surface area contributed by atoms with Crippen molar-refractivity contribution in [2.45, 2.75) is 6.92 Å². The molecular weight excluding hydrogens is 340 g/mol. The van der Waals surface area contributed by atoms with Crippen LogP contribution >= 0.6 is 11.6 Å². The molecule has 0 aliphatic heterocycles. The zero-order valence-electron chi connectivity index (χ0n) is 13.4. The van der Waals surface area contributed by atoms with E-state index in [2.05, 4.69) is 20.8 Å². The monoisotopic (exact) mass is 354 g/mol. The summed E-state index contributed by atoms with van der Waals surface area (Å²) in [4.78, 5) is 19.3. The van der Waals surface area contributed by atoms with E-state index in [0.717, 1.165) is 11.1 Å². The van der Waals surface area contributed by atoms with Crippen molar-refractivity contribution in [2.24, 2.45) is 0 Å². The number of amides is 1. The number of nitrogens with zero attached hydrogens (tertiary/aromatic N) is 2. The largest absolute Gasteiger partial charge is 0.439 e. The number of anilines is 1. The second-order valence-corrected chi connectivity index (χ2v) is 5.62. The lowest BCUT2D eigenvalue weighted by atomic mass is 10.2. The summed E-state index contributed by atoms with van der Waals surface area (Å²) in [5.74, 6) is 1.85. The first-order valence-electron chi connectivity index (χ1n) is 7.49. The molecule has 0 bridgehead atoms. The SMILES string of the molecule is Cc1cc(Cl)ccc1Oc1cc(NNC=O)nc(-c2ccccc2)n1. The van der Waals surface area contributed by atoms with Gasteiger partial charge in [-0.2, -0.15) is 4.98 Å². The van der Waals surface area contributed by atoms with E-state index in [-0.39, 0.29) is 0 Å². The number of hydrazine groups is 1. The van der Waals surface area contributed by atoms with Gasteiger partial charge in [-0.15, -0.1) is 0 Å². The highest BCUT2D eigenvalue weighted by Crippen LogP contribution is 2.28. The van der Waals surface area contributed by atoms with Gasteiger partial charge in [-0.05, 0) is 30.7 Å². The molecule has 0 fully saturated rings. The number of hydrogen-bond donors (Lipinski definition) is 2. The van der Waals surface area contributed by atoms with E-state index in [9.17, 15) is 4.79 Å². The standard InChI is InChI=1S/C18H15ClN4O2/c1-12-9-14(19)7-8-15(12)25-17-10-16(23-20-11-24)21-18(22-17)13-5-3-2-4-6-13/h2-11H,1H3,(H,20,24)(H,21,22,23). The molecule has 0 saturated heterocycles. The van der Waals surface area contributed by atoms with E-state index in [1.54, 1.807) is 18.2 Å². The quantitative estimate of drug-likeness (QED) is 0.517. The average Bonchev–Trinajstić information content (AvgIpc) is 2.63. The lowest BCUT2D eigenvalue weighted by molar-refractivity contribution is -0.109. The molecular formula is C18H15ClN4O2. The Morgan fingerprint density at radius 3 is 2.60 bits per heavy atom. The van der Waals surface area contributed by atoms with E-state index < -0.39 is 0 Å². The van der Waals surface area contributed by atoms with Crippen molar-refractivity contribution in [1.82, 2.24) is 15.4 Å². The van der Waals surface area contributed by atoms with Gasteiger partial charge in [-0.3, -0.25) is 15.6 Å². The van der Waals surface area contributed by atoms with Gasteiger partial charge in [-0.25, -0.2) is 4.98 Å². The van der Waals surface area contributed by atoms with E-state index in [1.165, 1.54) is 0 Å². The first kappa shape index (κ1) is 16.7. The second kappa shape index (κ2) is 7.63.